The first-order valence-electron chi connectivity index (χ1n) is 6.30. The summed E-state index contributed by atoms with van der Waals surface area (Å²) in [5.74, 6) is 0.206. The Bertz CT molecular complexity index is 631. The Kier molecular flexibility index (Phi) is 4.25. The van der Waals surface area contributed by atoms with Crippen LogP contribution in [0.2, 0.25) is 0 Å². The molecular weight excluding hydrogens is 276 g/mol. The first-order valence-corrected chi connectivity index (χ1v) is 6.30. The zero-order chi connectivity index (χ0) is 13.2. The van der Waals surface area contributed by atoms with Crippen molar-refractivity contribution in [3.05, 3.63) is 54.4 Å². The van der Waals surface area contributed by atoms with Crippen molar-refractivity contribution >= 4 is 11.6 Å². The fourth-order valence-corrected chi connectivity index (χ4v) is 2.45. The van der Waals surface area contributed by atoms with Gasteiger partial charge in [-0.1, -0.05) is 18.2 Å². The third-order valence-corrected chi connectivity index (χ3v) is 3.35. The van der Waals surface area contributed by atoms with Crippen LogP contribution in [-0.4, -0.2) is 17.6 Å². The van der Waals surface area contributed by atoms with Crippen LogP contribution in [0.3, 0.4) is 0 Å². The highest BCUT2D eigenvalue weighted by Crippen LogP contribution is 2.27. The van der Waals surface area contributed by atoms with Crippen LogP contribution in [0.4, 0.5) is 5.69 Å². The van der Waals surface area contributed by atoms with E-state index in [0.717, 1.165) is 18.7 Å². The lowest BCUT2D eigenvalue weighted by atomic mass is 10.2. The van der Waals surface area contributed by atoms with Crippen LogP contribution in [0, 0.1) is 0 Å². The Balaban J connectivity index is 0.00000147. The van der Waals surface area contributed by atoms with Crippen LogP contribution in [0.1, 0.15) is 5.56 Å². The number of aromatic hydroxyl groups is 1. The maximum Gasteiger partial charge on any atom is 0.292 e. The molecule has 1 aromatic heterocycles. The molecule has 1 aromatic carbocycles. The monoisotopic (exact) mass is 290 g/mol. The number of rotatable bonds is 2. The first-order chi connectivity index (χ1) is 9.24. The minimum absolute atomic E-state index is 0. The smallest absolute Gasteiger partial charge is 0.292 e. The van der Waals surface area contributed by atoms with Gasteiger partial charge in [-0.15, -0.1) is 0 Å². The van der Waals surface area contributed by atoms with E-state index in [1.54, 1.807) is 29.1 Å². The van der Waals surface area contributed by atoms with Gasteiger partial charge in [0.1, 0.15) is 0 Å². The van der Waals surface area contributed by atoms with E-state index in [1.807, 2.05) is 23.1 Å². The predicted octanol–water partition coefficient (Wildman–Crippen LogP) is -1.73. The molecule has 0 atom stereocenters. The van der Waals surface area contributed by atoms with Crippen LogP contribution < -0.4 is 21.9 Å². The summed E-state index contributed by atoms with van der Waals surface area (Å²) < 4.78 is 1.69. The highest BCUT2D eigenvalue weighted by Gasteiger charge is 2.26. The quantitative estimate of drug-likeness (QED) is 0.669. The van der Waals surface area contributed by atoms with E-state index in [-0.39, 0.29) is 30.6 Å². The average molecular weight is 291 g/mol. The zero-order valence-corrected chi connectivity index (χ0v) is 11.6. The number of para-hydroxylation sites is 1. The molecule has 0 unspecified atom stereocenters. The maximum atomic E-state index is 12.3. The summed E-state index contributed by atoms with van der Waals surface area (Å²) in [6, 6.07) is 11.3. The highest BCUT2D eigenvalue weighted by molar-refractivity contribution is 5.94. The van der Waals surface area contributed by atoms with Crippen molar-refractivity contribution in [1.82, 2.24) is 0 Å². The summed E-state index contributed by atoms with van der Waals surface area (Å²) in [6.45, 7) is 0.973. The molecule has 0 spiro atoms. The molecule has 3 rings (SSSR count). The minimum atomic E-state index is 0. The number of carbonyl (C=O) groups excluding carboxylic acids is 1. The molecule has 1 aliphatic heterocycles. The third-order valence-electron chi connectivity index (χ3n) is 3.35. The molecule has 0 saturated heterocycles. The van der Waals surface area contributed by atoms with Crippen molar-refractivity contribution in [3.8, 4) is 5.75 Å². The Morgan fingerprint density at radius 1 is 1.25 bits per heavy atom. The number of halogens is 1. The minimum Gasteiger partial charge on any atom is -1.00 e. The van der Waals surface area contributed by atoms with Crippen molar-refractivity contribution in [1.29, 1.82) is 0 Å². The number of benzene rings is 1. The van der Waals surface area contributed by atoms with Gasteiger partial charge in [0, 0.05) is 18.3 Å². The Hall–Kier alpha value is -2.07. The molecule has 20 heavy (non-hydrogen) atoms. The Morgan fingerprint density at radius 2 is 2.05 bits per heavy atom. The molecule has 1 N–H and O–H groups in total. The molecule has 5 heteroatoms. The van der Waals surface area contributed by atoms with Gasteiger partial charge in [-0.2, -0.15) is 4.57 Å². The van der Waals surface area contributed by atoms with Crippen LogP contribution >= 0.6 is 0 Å². The van der Waals surface area contributed by atoms with Gasteiger partial charge in [-0.05, 0) is 24.1 Å². The lowest BCUT2D eigenvalue weighted by Gasteiger charge is -2.15. The molecule has 1 aliphatic rings. The number of hydrogen-bond acceptors (Lipinski definition) is 2. The Morgan fingerprint density at radius 3 is 2.85 bits per heavy atom. The second-order valence-electron chi connectivity index (χ2n) is 4.66. The van der Waals surface area contributed by atoms with Crippen molar-refractivity contribution in [3.63, 3.8) is 0 Å². The summed E-state index contributed by atoms with van der Waals surface area (Å²) in [5.41, 5.74) is 2.23. The average Bonchev–Trinajstić information content (AvgIpc) is 2.82. The molecule has 104 valence electrons. The van der Waals surface area contributed by atoms with Gasteiger partial charge in [0.2, 0.25) is 12.7 Å². The Labute approximate surface area is 123 Å². The second-order valence-corrected chi connectivity index (χ2v) is 4.66. The van der Waals surface area contributed by atoms with E-state index in [9.17, 15) is 9.90 Å². The van der Waals surface area contributed by atoms with Gasteiger partial charge < -0.3 is 22.4 Å². The fourth-order valence-electron chi connectivity index (χ4n) is 2.45. The van der Waals surface area contributed by atoms with Crippen molar-refractivity contribution in [2.24, 2.45) is 0 Å². The van der Waals surface area contributed by atoms with Crippen molar-refractivity contribution < 1.29 is 26.9 Å². The molecule has 0 aliphatic carbocycles. The maximum absolute atomic E-state index is 12.3. The van der Waals surface area contributed by atoms with E-state index in [4.69, 9.17) is 0 Å². The van der Waals surface area contributed by atoms with Gasteiger partial charge in [-0.3, -0.25) is 4.79 Å². The van der Waals surface area contributed by atoms with Gasteiger partial charge in [0.15, 0.2) is 11.9 Å². The third kappa shape index (κ3) is 2.75. The lowest BCUT2D eigenvalue weighted by molar-refractivity contribution is -0.684. The largest absolute Gasteiger partial charge is 1.00 e. The molecule has 2 heterocycles. The summed E-state index contributed by atoms with van der Waals surface area (Å²) in [5, 5.41) is 9.40. The summed E-state index contributed by atoms with van der Waals surface area (Å²) in [7, 11) is 0. The predicted molar refractivity (Wildman–Crippen MR) is 70.8 cm³/mol. The molecule has 0 saturated carbocycles. The number of nitrogens with zero attached hydrogens (tertiary/aromatic N) is 2. The van der Waals surface area contributed by atoms with Gasteiger partial charge in [0.05, 0.1) is 0 Å². The lowest BCUT2D eigenvalue weighted by Crippen LogP contribution is -3.00. The number of amides is 1. The number of carbonyl (C=O) groups is 1. The topological polar surface area (TPSA) is 44.4 Å². The highest BCUT2D eigenvalue weighted by atomic mass is 35.5. The summed E-state index contributed by atoms with van der Waals surface area (Å²) in [4.78, 5) is 14.1. The van der Waals surface area contributed by atoms with E-state index in [2.05, 4.69) is 6.07 Å². The number of hydrogen-bond donors (Lipinski definition) is 1. The fraction of sp³-hybridized carbons (Fsp3) is 0.200. The number of aromatic nitrogens is 1. The van der Waals surface area contributed by atoms with Crippen LogP contribution in [-0.2, 0) is 17.8 Å². The molecule has 2 aromatic rings. The van der Waals surface area contributed by atoms with Crippen molar-refractivity contribution in [2.75, 3.05) is 11.4 Å². The summed E-state index contributed by atoms with van der Waals surface area (Å²) >= 11 is 0. The second kappa shape index (κ2) is 5.92. The molecule has 0 fully saturated rings. The zero-order valence-electron chi connectivity index (χ0n) is 10.9. The van der Waals surface area contributed by atoms with E-state index in [1.165, 1.54) is 5.56 Å². The van der Waals surface area contributed by atoms with Gasteiger partial charge in [0.25, 0.3) is 5.91 Å². The van der Waals surface area contributed by atoms with E-state index >= 15 is 0 Å². The molecule has 0 bridgehead atoms. The number of fused-ring (bicyclic) bond motifs is 1. The standard InChI is InChI=1S/C15H14N2O2.ClH/c18-13-5-3-8-16(10-13)11-15(19)17-9-7-12-4-1-2-6-14(12)17;/h1-6,8,10H,7,9,11H2;1H. The molecular formula is C15H15ClN2O2. The van der Waals surface area contributed by atoms with Gasteiger partial charge >= 0.3 is 0 Å². The first kappa shape index (κ1) is 14.3. The SMILES string of the molecule is O=C(C[n+]1cccc(O)c1)N1CCc2ccccc21.[Cl-]. The molecule has 0 radical (unpaired) electrons. The molecule has 1 amide bonds. The molecule has 4 nitrogen and oxygen atoms in total. The van der Waals surface area contributed by atoms with Crippen LogP contribution in [0.5, 0.6) is 5.75 Å². The number of pyridine rings is 1. The van der Waals surface area contributed by atoms with Gasteiger partial charge in [-0.25, -0.2) is 0 Å². The van der Waals surface area contributed by atoms with Crippen LogP contribution in [0.15, 0.2) is 48.8 Å². The van der Waals surface area contributed by atoms with E-state index in [0.29, 0.717) is 0 Å². The number of anilines is 1. The van der Waals surface area contributed by atoms with Crippen molar-refractivity contribution in [2.45, 2.75) is 13.0 Å². The van der Waals surface area contributed by atoms with E-state index < -0.39 is 0 Å². The normalized spacial score (nSPS) is 12.7. The summed E-state index contributed by atoms with van der Waals surface area (Å²) in [6.07, 6.45) is 4.24. The van der Waals surface area contributed by atoms with Crippen LogP contribution in [0.25, 0.3) is 0 Å².